The topological polar surface area (TPSA) is 0 Å². The molecule has 0 radical (unpaired) electrons. The number of allylic oxidation sites excluding steroid dienone is 4. The lowest BCUT2D eigenvalue weighted by atomic mass is 9.55. The quantitative estimate of drug-likeness (QED) is 0.510. The van der Waals surface area contributed by atoms with Crippen molar-refractivity contribution >= 4 is 0 Å². The standard InChI is InChI=1S/C20H30/c1-5-17-6-2-12-19(11-1,15-9-17)20-13-3-7-18(10-16-20)8-4-14-20/h9-10,15-18H,1-8,11-14H2. The molecule has 0 aromatic heterocycles. The molecule has 0 heteroatoms. The molecule has 4 rings (SSSR count). The van der Waals surface area contributed by atoms with Gasteiger partial charge in [0.25, 0.3) is 0 Å². The van der Waals surface area contributed by atoms with Gasteiger partial charge in [0, 0.05) is 0 Å². The third-order valence-electron chi connectivity index (χ3n) is 7.16. The molecular formula is C20H30. The Balaban J connectivity index is 1.76. The van der Waals surface area contributed by atoms with Crippen molar-refractivity contribution in [2.45, 2.75) is 77.0 Å². The van der Waals surface area contributed by atoms with Gasteiger partial charge in [0.1, 0.15) is 0 Å². The van der Waals surface area contributed by atoms with Crippen LogP contribution < -0.4 is 0 Å². The summed E-state index contributed by atoms with van der Waals surface area (Å²) in [6, 6.07) is 0. The van der Waals surface area contributed by atoms with E-state index in [2.05, 4.69) is 24.3 Å². The van der Waals surface area contributed by atoms with E-state index in [9.17, 15) is 0 Å². The Hall–Kier alpha value is -0.520. The fourth-order valence-electron chi connectivity index (χ4n) is 5.94. The molecule has 0 heterocycles. The molecule has 110 valence electrons. The molecule has 0 fully saturated rings. The van der Waals surface area contributed by atoms with Gasteiger partial charge < -0.3 is 0 Å². The molecule has 0 saturated heterocycles. The number of hydrogen-bond donors (Lipinski definition) is 0. The van der Waals surface area contributed by atoms with Crippen LogP contribution in [0.1, 0.15) is 77.0 Å². The first-order valence-electron chi connectivity index (χ1n) is 9.21. The molecule has 0 amide bonds. The molecule has 0 nitrogen and oxygen atoms in total. The third-order valence-corrected chi connectivity index (χ3v) is 7.16. The fraction of sp³-hybridized carbons (Fsp3) is 0.800. The average molecular weight is 270 g/mol. The maximum Gasteiger partial charge on any atom is -0.00272 e. The molecule has 4 bridgehead atoms. The first-order valence-corrected chi connectivity index (χ1v) is 9.21. The van der Waals surface area contributed by atoms with Crippen LogP contribution in [0.25, 0.3) is 0 Å². The van der Waals surface area contributed by atoms with Crippen LogP contribution in [0, 0.1) is 22.7 Å². The third kappa shape index (κ3) is 2.02. The van der Waals surface area contributed by atoms with Gasteiger partial charge in [-0.25, -0.2) is 0 Å². The van der Waals surface area contributed by atoms with Crippen molar-refractivity contribution in [2.24, 2.45) is 22.7 Å². The molecule has 0 N–H and O–H groups in total. The van der Waals surface area contributed by atoms with Crippen molar-refractivity contribution < 1.29 is 0 Å². The normalized spacial score (nSPS) is 47.6. The molecule has 0 aromatic carbocycles. The van der Waals surface area contributed by atoms with Crippen LogP contribution in [0.5, 0.6) is 0 Å². The second-order valence-electron chi connectivity index (χ2n) is 8.12. The van der Waals surface area contributed by atoms with Crippen molar-refractivity contribution in [3.8, 4) is 0 Å². The zero-order chi connectivity index (χ0) is 13.5. The molecular weight excluding hydrogens is 240 g/mol. The lowest BCUT2D eigenvalue weighted by molar-refractivity contribution is 0.0750. The van der Waals surface area contributed by atoms with Gasteiger partial charge in [-0.2, -0.15) is 0 Å². The molecule has 0 aromatic rings. The average Bonchev–Trinajstić information content (AvgIpc) is 2.89. The highest BCUT2D eigenvalue weighted by Gasteiger charge is 2.49. The van der Waals surface area contributed by atoms with E-state index in [4.69, 9.17) is 0 Å². The van der Waals surface area contributed by atoms with Crippen molar-refractivity contribution in [2.75, 3.05) is 0 Å². The highest BCUT2D eigenvalue weighted by molar-refractivity contribution is 5.21. The monoisotopic (exact) mass is 270 g/mol. The summed E-state index contributed by atoms with van der Waals surface area (Å²) in [6.07, 6.45) is 28.3. The largest absolute Gasteiger partial charge is 0.0848 e. The minimum absolute atomic E-state index is 0.522. The van der Waals surface area contributed by atoms with E-state index < -0.39 is 0 Å². The second kappa shape index (κ2) is 5.04. The van der Waals surface area contributed by atoms with Crippen LogP contribution in [0.2, 0.25) is 0 Å². The van der Waals surface area contributed by atoms with E-state index in [0.29, 0.717) is 10.8 Å². The van der Waals surface area contributed by atoms with Gasteiger partial charge in [0.2, 0.25) is 0 Å². The van der Waals surface area contributed by atoms with Gasteiger partial charge in [-0.3, -0.25) is 0 Å². The maximum absolute atomic E-state index is 2.73. The Bertz CT molecular complexity index is 354. The molecule has 0 unspecified atom stereocenters. The first-order chi connectivity index (χ1) is 9.82. The summed E-state index contributed by atoms with van der Waals surface area (Å²) in [5, 5.41) is 0. The van der Waals surface area contributed by atoms with Crippen LogP contribution in [0.3, 0.4) is 0 Å². The summed E-state index contributed by atoms with van der Waals surface area (Å²) in [5.41, 5.74) is 1.04. The fourth-order valence-corrected chi connectivity index (χ4v) is 5.94. The summed E-state index contributed by atoms with van der Waals surface area (Å²) in [7, 11) is 0. The van der Waals surface area contributed by atoms with Crippen LogP contribution >= 0.6 is 0 Å². The van der Waals surface area contributed by atoms with Gasteiger partial charge in [-0.1, -0.05) is 50.0 Å². The van der Waals surface area contributed by atoms with Gasteiger partial charge in [0.15, 0.2) is 0 Å². The number of fused-ring (bicyclic) bond motifs is 5. The molecule has 0 saturated carbocycles. The Morgan fingerprint density at radius 3 is 1.25 bits per heavy atom. The minimum atomic E-state index is 0.522. The van der Waals surface area contributed by atoms with Gasteiger partial charge >= 0.3 is 0 Å². The molecule has 20 heavy (non-hydrogen) atoms. The Morgan fingerprint density at radius 2 is 0.900 bits per heavy atom. The maximum atomic E-state index is 2.73. The summed E-state index contributed by atoms with van der Waals surface area (Å²) in [6.45, 7) is 0. The molecule has 0 spiro atoms. The zero-order valence-corrected chi connectivity index (χ0v) is 12.9. The van der Waals surface area contributed by atoms with Crippen molar-refractivity contribution in [1.29, 1.82) is 0 Å². The van der Waals surface area contributed by atoms with E-state index >= 15 is 0 Å². The lowest BCUT2D eigenvalue weighted by Gasteiger charge is -2.49. The van der Waals surface area contributed by atoms with Crippen molar-refractivity contribution in [1.82, 2.24) is 0 Å². The number of rotatable bonds is 1. The van der Waals surface area contributed by atoms with E-state index in [0.717, 1.165) is 11.8 Å². The molecule has 0 atom stereocenters. The lowest BCUT2D eigenvalue weighted by Crippen LogP contribution is -2.39. The minimum Gasteiger partial charge on any atom is -0.0848 e. The predicted molar refractivity (Wildman–Crippen MR) is 85.5 cm³/mol. The molecule has 4 aliphatic carbocycles. The SMILES string of the molecule is C1=CC2(C34C=CC(CCC3)CCC4)CCCC1CCC2. The predicted octanol–water partition coefficient (Wildman–Crippen LogP) is 6.04. The molecule has 4 aliphatic rings. The Labute approximate surface area is 124 Å². The highest BCUT2D eigenvalue weighted by atomic mass is 14.5. The van der Waals surface area contributed by atoms with Crippen LogP contribution in [-0.2, 0) is 0 Å². The summed E-state index contributed by atoms with van der Waals surface area (Å²) in [4.78, 5) is 0. The first kappa shape index (κ1) is 13.2. The van der Waals surface area contributed by atoms with Crippen LogP contribution in [0.15, 0.2) is 24.3 Å². The zero-order valence-electron chi connectivity index (χ0n) is 12.9. The van der Waals surface area contributed by atoms with Gasteiger partial charge in [0.05, 0.1) is 0 Å². The van der Waals surface area contributed by atoms with E-state index in [-0.39, 0.29) is 0 Å². The van der Waals surface area contributed by atoms with E-state index in [1.54, 1.807) is 0 Å². The van der Waals surface area contributed by atoms with Crippen molar-refractivity contribution in [3.05, 3.63) is 24.3 Å². The van der Waals surface area contributed by atoms with Crippen LogP contribution in [-0.4, -0.2) is 0 Å². The van der Waals surface area contributed by atoms with Gasteiger partial charge in [-0.15, -0.1) is 0 Å². The second-order valence-corrected chi connectivity index (χ2v) is 8.12. The summed E-state index contributed by atoms with van der Waals surface area (Å²) < 4.78 is 0. The number of hydrogen-bond acceptors (Lipinski definition) is 0. The Morgan fingerprint density at radius 1 is 0.550 bits per heavy atom. The Kier molecular flexibility index (Phi) is 3.32. The van der Waals surface area contributed by atoms with Gasteiger partial charge in [-0.05, 0) is 74.0 Å². The van der Waals surface area contributed by atoms with E-state index in [1.165, 1.54) is 77.0 Å². The smallest absolute Gasteiger partial charge is 0.00272 e. The summed E-state index contributed by atoms with van der Waals surface area (Å²) in [5.74, 6) is 1.81. The van der Waals surface area contributed by atoms with Crippen LogP contribution in [0.4, 0.5) is 0 Å². The molecule has 0 aliphatic heterocycles. The summed E-state index contributed by atoms with van der Waals surface area (Å²) >= 11 is 0. The highest BCUT2D eigenvalue weighted by Crippen LogP contribution is 2.59. The van der Waals surface area contributed by atoms with E-state index in [1.807, 2.05) is 0 Å². The van der Waals surface area contributed by atoms with Crippen molar-refractivity contribution in [3.63, 3.8) is 0 Å².